The van der Waals surface area contributed by atoms with Gasteiger partial charge in [0.1, 0.15) is 6.04 Å². The molecule has 0 aromatic heterocycles. The van der Waals surface area contributed by atoms with E-state index in [0.717, 1.165) is 15.6 Å². The van der Waals surface area contributed by atoms with Crippen LogP contribution in [-0.4, -0.2) is 57.4 Å². The molecular formula is C29H31ClN4O4S. The van der Waals surface area contributed by atoms with Crippen molar-refractivity contribution >= 4 is 50.5 Å². The average molecular weight is 567 g/mol. The molecule has 204 valence electrons. The molecule has 0 bridgehead atoms. The van der Waals surface area contributed by atoms with Crippen LogP contribution in [0.3, 0.4) is 0 Å². The fourth-order valence-corrected chi connectivity index (χ4v) is 7.82. The predicted molar refractivity (Wildman–Crippen MR) is 154 cm³/mol. The van der Waals surface area contributed by atoms with E-state index in [-0.39, 0.29) is 17.2 Å². The predicted octanol–water partition coefficient (Wildman–Crippen LogP) is 4.52. The molecule has 0 aliphatic carbocycles. The number of hydrogen-bond donors (Lipinski definition) is 1. The Hall–Kier alpha value is -3.56. The molecule has 5 rings (SSSR count). The van der Waals surface area contributed by atoms with Gasteiger partial charge in [0.05, 0.1) is 22.7 Å². The molecule has 39 heavy (non-hydrogen) atoms. The number of carbonyl (C=O) groups is 2. The average Bonchev–Trinajstić information content (AvgIpc) is 2.88. The summed E-state index contributed by atoms with van der Waals surface area (Å²) in [7, 11) is -4.18. The Morgan fingerprint density at radius 2 is 1.62 bits per heavy atom. The van der Waals surface area contributed by atoms with Gasteiger partial charge in [-0.1, -0.05) is 47.5 Å². The summed E-state index contributed by atoms with van der Waals surface area (Å²) in [5.41, 5.74) is 3.87. The first kappa shape index (κ1) is 27.0. The van der Waals surface area contributed by atoms with E-state index in [0.29, 0.717) is 53.7 Å². The van der Waals surface area contributed by atoms with Crippen molar-refractivity contribution < 1.29 is 18.0 Å². The quantitative estimate of drug-likeness (QED) is 0.490. The van der Waals surface area contributed by atoms with Crippen molar-refractivity contribution in [3.63, 3.8) is 0 Å². The van der Waals surface area contributed by atoms with Crippen molar-refractivity contribution in [1.29, 1.82) is 0 Å². The van der Waals surface area contributed by atoms with Crippen molar-refractivity contribution in [3.05, 3.63) is 82.4 Å². The topological polar surface area (TPSA) is 90.0 Å². The first-order chi connectivity index (χ1) is 18.6. The van der Waals surface area contributed by atoms with Gasteiger partial charge >= 0.3 is 0 Å². The number of benzene rings is 3. The Bertz CT molecular complexity index is 1530. The highest BCUT2D eigenvalue weighted by molar-refractivity contribution is 7.93. The normalized spacial score (nSPS) is 17.6. The van der Waals surface area contributed by atoms with E-state index in [1.165, 1.54) is 0 Å². The van der Waals surface area contributed by atoms with Crippen molar-refractivity contribution in [2.45, 2.75) is 38.1 Å². The number of fused-ring (bicyclic) bond motifs is 1. The minimum absolute atomic E-state index is 0.158. The molecule has 0 spiro atoms. The van der Waals surface area contributed by atoms with Crippen LogP contribution in [0, 0.1) is 20.8 Å². The van der Waals surface area contributed by atoms with Crippen LogP contribution < -0.4 is 14.5 Å². The zero-order valence-corrected chi connectivity index (χ0v) is 23.7. The van der Waals surface area contributed by atoms with E-state index in [4.69, 9.17) is 11.6 Å². The van der Waals surface area contributed by atoms with E-state index in [9.17, 15) is 18.0 Å². The molecular weight excluding hydrogens is 536 g/mol. The molecule has 3 aromatic carbocycles. The Labute approximate surface area is 234 Å². The number of aryl methyl sites for hydroxylation is 3. The highest BCUT2D eigenvalue weighted by atomic mass is 35.5. The van der Waals surface area contributed by atoms with Crippen molar-refractivity contribution in [2.75, 3.05) is 40.7 Å². The van der Waals surface area contributed by atoms with E-state index in [1.807, 2.05) is 43.3 Å². The molecule has 2 aliphatic rings. The van der Waals surface area contributed by atoms with Crippen LogP contribution in [0.4, 0.5) is 17.1 Å². The molecule has 1 saturated heterocycles. The molecule has 1 N–H and O–H groups in total. The van der Waals surface area contributed by atoms with Gasteiger partial charge in [-0.3, -0.25) is 13.9 Å². The monoisotopic (exact) mass is 566 g/mol. The summed E-state index contributed by atoms with van der Waals surface area (Å²) in [5.74, 6) is -0.788. The zero-order chi connectivity index (χ0) is 27.9. The molecule has 2 aliphatic heterocycles. The number of halogens is 1. The lowest BCUT2D eigenvalue weighted by Gasteiger charge is -2.39. The van der Waals surface area contributed by atoms with Crippen LogP contribution in [-0.2, 0) is 19.6 Å². The van der Waals surface area contributed by atoms with Gasteiger partial charge in [0, 0.05) is 36.9 Å². The summed E-state index contributed by atoms with van der Waals surface area (Å²) in [5, 5.41) is 3.46. The van der Waals surface area contributed by atoms with Gasteiger partial charge in [-0.25, -0.2) is 8.42 Å². The van der Waals surface area contributed by atoms with Crippen LogP contribution in [0.2, 0.25) is 5.02 Å². The van der Waals surface area contributed by atoms with Crippen LogP contribution >= 0.6 is 11.6 Å². The lowest BCUT2D eigenvalue weighted by atomic mass is 10.1. The second kappa shape index (κ2) is 10.5. The van der Waals surface area contributed by atoms with Gasteiger partial charge in [-0.05, 0) is 62.2 Å². The molecule has 8 nitrogen and oxygen atoms in total. The molecule has 1 fully saturated rings. The molecule has 10 heteroatoms. The first-order valence-corrected chi connectivity index (χ1v) is 14.7. The Morgan fingerprint density at radius 3 is 2.28 bits per heavy atom. The molecule has 3 aromatic rings. The smallest absolute Gasteiger partial charge is 0.265 e. The fraction of sp³-hybridized carbons (Fsp3) is 0.310. The van der Waals surface area contributed by atoms with Crippen LogP contribution in [0.1, 0.15) is 23.1 Å². The van der Waals surface area contributed by atoms with Gasteiger partial charge in [0.25, 0.3) is 10.0 Å². The lowest BCUT2D eigenvalue weighted by Crippen LogP contribution is -2.55. The summed E-state index contributed by atoms with van der Waals surface area (Å²) in [6.07, 6.45) is -0.263. The van der Waals surface area contributed by atoms with E-state index >= 15 is 0 Å². The second-order valence-corrected chi connectivity index (χ2v) is 12.3. The van der Waals surface area contributed by atoms with Gasteiger partial charge in [-0.15, -0.1) is 0 Å². The number of nitrogens with zero attached hydrogens (tertiary/aromatic N) is 3. The number of sulfonamides is 1. The fourth-order valence-electron chi connectivity index (χ4n) is 5.59. The molecule has 0 radical (unpaired) electrons. The number of nitrogens with one attached hydrogen (secondary N) is 1. The zero-order valence-electron chi connectivity index (χ0n) is 22.1. The number of amides is 2. The minimum Gasteiger partial charge on any atom is -0.368 e. The largest absolute Gasteiger partial charge is 0.368 e. The lowest BCUT2D eigenvalue weighted by molar-refractivity contribution is -0.133. The SMILES string of the molecule is Cc1cc(C)c(S(=O)(=O)N2c3ccccc3NC(=O)C2CC(=O)N2CCN(c3cccc(Cl)c3)CC2)c(C)c1. The number of anilines is 3. The number of hydrogen-bond acceptors (Lipinski definition) is 5. The number of carbonyl (C=O) groups excluding carboxylic acids is 2. The Balaban J connectivity index is 1.43. The van der Waals surface area contributed by atoms with Crippen LogP contribution in [0.25, 0.3) is 0 Å². The molecule has 1 unspecified atom stereocenters. The van der Waals surface area contributed by atoms with E-state index in [2.05, 4.69) is 10.2 Å². The summed E-state index contributed by atoms with van der Waals surface area (Å²) < 4.78 is 29.6. The second-order valence-electron chi connectivity index (χ2n) is 10.1. The molecule has 2 amide bonds. The van der Waals surface area contributed by atoms with Gasteiger partial charge in [0.15, 0.2) is 0 Å². The number of para-hydroxylation sites is 2. The summed E-state index contributed by atoms with van der Waals surface area (Å²) in [6, 6.07) is 16.8. The molecule has 0 saturated carbocycles. The summed E-state index contributed by atoms with van der Waals surface area (Å²) in [4.78, 5) is 30.8. The molecule has 2 heterocycles. The van der Waals surface area contributed by atoms with Crippen LogP contribution in [0.5, 0.6) is 0 Å². The summed E-state index contributed by atoms with van der Waals surface area (Å²) in [6.45, 7) is 7.54. The maximum atomic E-state index is 14.2. The Morgan fingerprint density at radius 1 is 0.949 bits per heavy atom. The third-order valence-electron chi connectivity index (χ3n) is 7.28. The number of rotatable bonds is 5. The summed E-state index contributed by atoms with van der Waals surface area (Å²) >= 11 is 6.14. The minimum atomic E-state index is -4.18. The number of piperazine rings is 1. The Kier molecular flexibility index (Phi) is 7.31. The van der Waals surface area contributed by atoms with Crippen molar-refractivity contribution in [1.82, 2.24) is 4.90 Å². The van der Waals surface area contributed by atoms with Gasteiger partial charge in [-0.2, -0.15) is 0 Å². The third-order valence-corrected chi connectivity index (χ3v) is 9.64. The first-order valence-electron chi connectivity index (χ1n) is 12.9. The van der Waals surface area contributed by atoms with Crippen molar-refractivity contribution in [3.8, 4) is 0 Å². The highest BCUT2D eigenvalue weighted by Crippen LogP contribution is 2.39. The molecule has 1 atom stereocenters. The maximum Gasteiger partial charge on any atom is 0.265 e. The van der Waals surface area contributed by atoms with E-state index < -0.39 is 22.0 Å². The highest BCUT2D eigenvalue weighted by Gasteiger charge is 2.43. The van der Waals surface area contributed by atoms with Crippen LogP contribution in [0.15, 0.2) is 65.6 Å². The maximum absolute atomic E-state index is 14.2. The third kappa shape index (κ3) is 5.21. The van der Waals surface area contributed by atoms with E-state index in [1.54, 1.807) is 43.0 Å². The standard InChI is InChI=1S/C29H31ClN4O4S/c1-19-15-20(2)28(21(3)16-19)39(37,38)34-25-10-5-4-9-24(25)31-29(36)26(34)18-27(35)33-13-11-32(12-14-33)23-8-6-7-22(30)17-23/h4-10,15-17,26H,11-14,18H2,1-3H3,(H,31,36). The van der Waals surface area contributed by atoms with Crippen molar-refractivity contribution in [2.24, 2.45) is 0 Å². The van der Waals surface area contributed by atoms with Gasteiger partial charge in [0.2, 0.25) is 11.8 Å². The van der Waals surface area contributed by atoms with Gasteiger partial charge < -0.3 is 15.1 Å².